The van der Waals surface area contributed by atoms with Crippen LogP contribution in [0.5, 0.6) is 0 Å². The van der Waals surface area contributed by atoms with Crippen molar-refractivity contribution in [1.29, 1.82) is 0 Å². The van der Waals surface area contributed by atoms with Crippen LogP contribution in [0.1, 0.15) is 27.7 Å². The number of hydrogen-bond donors (Lipinski definition) is 0. The van der Waals surface area contributed by atoms with Crippen LogP contribution in [0.25, 0.3) is 0 Å². The Kier molecular flexibility index (Phi) is 6.35. The van der Waals surface area contributed by atoms with Crippen LogP contribution in [-0.4, -0.2) is 12.2 Å². The second-order valence-electron chi connectivity index (χ2n) is 3.24. The molecular formula is C8H15Cl2O3P. The van der Waals surface area contributed by atoms with Crippen LogP contribution in [0.4, 0.5) is 0 Å². The van der Waals surface area contributed by atoms with Gasteiger partial charge in [-0.3, -0.25) is 4.57 Å². The fourth-order valence-electron chi connectivity index (χ4n) is 0.740. The summed E-state index contributed by atoms with van der Waals surface area (Å²) < 4.78 is 22.2. The molecule has 0 aromatic heterocycles. The van der Waals surface area contributed by atoms with Crippen LogP contribution in [0, 0.1) is 0 Å². The van der Waals surface area contributed by atoms with E-state index in [4.69, 9.17) is 32.2 Å². The first kappa shape index (κ1) is 14.5. The second-order valence-corrected chi connectivity index (χ2v) is 6.02. The molecule has 3 nitrogen and oxygen atoms in total. The lowest BCUT2D eigenvalue weighted by Crippen LogP contribution is -2.07. The third-order valence-electron chi connectivity index (χ3n) is 1.05. The molecule has 0 aliphatic carbocycles. The van der Waals surface area contributed by atoms with E-state index in [9.17, 15) is 4.57 Å². The highest BCUT2D eigenvalue weighted by molar-refractivity contribution is 7.61. The molecule has 0 atom stereocenters. The van der Waals surface area contributed by atoms with Crippen LogP contribution >= 0.6 is 30.8 Å². The Hall–Kier alpha value is 0.470. The van der Waals surface area contributed by atoms with Crippen molar-refractivity contribution >= 4 is 30.8 Å². The van der Waals surface area contributed by atoms with E-state index in [0.29, 0.717) is 0 Å². The van der Waals surface area contributed by atoms with Crippen LogP contribution in [0.3, 0.4) is 0 Å². The highest BCUT2D eigenvalue weighted by atomic mass is 35.5. The first-order chi connectivity index (χ1) is 6.31. The van der Waals surface area contributed by atoms with Gasteiger partial charge in [-0.25, -0.2) is 0 Å². The number of rotatable bonds is 5. The Labute approximate surface area is 94.9 Å². The molecular weight excluding hydrogens is 246 g/mol. The molecule has 0 bridgehead atoms. The van der Waals surface area contributed by atoms with Crippen molar-refractivity contribution < 1.29 is 13.6 Å². The summed E-state index contributed by atoms with van der Waals surface area (Å²) in [5, 5.41) is 0. The Morgan fingerprint density at radius 3 is 1.79 bits per heavy atom. The van der Waals surface area contributed by atoms with Crippen molar-refractivity contribution in [1.82, 2.24) is 0 Å². The van der Waals surface area contributed by atoms with Gasteiger partial charge >= 0.3 is 7.60 Å². The summed E-state index contributed by atoms with van der Waals surface area (Å²) in [5.74, 6) is 0. The van der Waals surface area contributed by atoms with Crippen molar-refractivity contribution in [3.05, 3.63) is 10.3 Å². The minimum absolute atomic E-state index is 0.0958. The fraction of sp³-hybridized carbons (Fsp3) is 0.750. The zero-order valence-electron chi connectivity index (χ0n) is 8.66. The molecule has 84 valence electrons. The molecule has 6 heteroatoms. The van der Waals surface area contributed by atoms with Crippen LogP contribution in [0.15, 0.2) is 10.3 Å². The zero-order chi connectivity index (χ0) is 11.4. The Bertz CT molecular complexity index is 237. The highest BCUT2D eigenvalue weighted by Crippen LogP contribution is 2.59. The predicted octanol–water partition coefficient (Wildman–Crippen LogP) is 4.31. The maximum absolute atomic E-state index is 12.0. The van der Waals surface area contributed by atoms with E-state index in [1.807, 2.05) is 0 Å². The van der Waals surface area contributed by atoms with Gasteiger partial charge in [-0.2, -0.15) is 0 Å². The lowest BCUT2D eigenvalue weighted by molar-refractivity contribution is 0.148. The third-order valence-corrected chi connectivity index (χ3v) is 4.31. The molecule has 0 aliphatic rings. The van der Waals surface area contributed by atoms with Gasteiger partial charge in [0.15, 0.2) is 0 Å². The average Bonchev–Trinajstić information content (AvgIpc) is 1.99. The van der Waals surface area contributed by atoms with E-state index in [-0.39, 0.29) is 17.0 Å². The topological polar surface area (TPSA) is 35.5 Å². The van der Waals surface area contributed by atoms with Gasteiger partial charge < -0.3 is 9.05 Å². The molecule has 0 heterocycles. The molecule has 0 radical (unpaired) electrons. The fourth-order valence-corrected chi connectivity index (χ4v) is 2.82. The Morgan fingerprint density at radius 2 is 1.57 bits per heavy atom. The summed E-state index contributed by atoms with van der Waals surface area (Å²) in [6.07, 6.45) is -0.491. The molecule has 0 spiro atoms. The van der Waals surface area contributed by atoms with Gasteiger partial charge in [-0.15, -0.1) is 0 Å². The van der Waals surface area contributed by atoms with Gasteiger partial charge in [-0.1, -0.05) is 23.2 Å². The van der Waals surface area contributed by atoms with Crippen molar-refractivity contribution in [3.63, 3.8) is 0 Å². The van der Waals surface area contributed by atoms with Crippen LogP contribution in [0.2, 0.25) is 0 Å². The lowest BCUT2D eigenvalue weighted by Gasteiger charge is -2.21. The van der Waals surface area contributed by atoms with E-state index in [1.165, 1.54) is 0 Å². The molecule has 0 aromatic carbocycles. The SMILES string of the molecule is CC(C)OP(=O)(OC(C)C)/C(Cl)=C/Cl. The monoisotopic (exact) mass is 260 g/mol. The lowest BCUT2D eigenvalue weighted by atomic mass is 10.5. The van der Waals surface area contributed by atoms with E-state index < -0.39 is 7.60 Å². The van der Waals surface area contributed by atoms with Gasteiger partial charge in [-0.05, 0) is 27.7 Å². The summed E-state index contributed by atoms with van der Waals surface area (Å²) >= 11 is 11.1. The summed E-state index contributed by atoms with van der Waals surface area (Å²) in [4.78, 5) is 0. The van der Waals surface area contributed by atoms with E-state index in [1.54, 1.807) is 27.7 Å². The maximum Gasteiger partial charge on any atom is 0.374 e. The van der Waals surface area contributed by atoms with E-state index in [2.05, 4.69) is 0 Å². The Balaban J connectivity index is 4.77. The maximum atomic E-state index is 12.0. The van der Waals surface area contributed by atoms with Crippen molar-refractivity contribution in [3.8, 4) is 0 Å². The van der Waals surface area contributed by atoms with Crippen LogP contribution < -0.4 is 0 Å². The molecule has 0 saturated carbocycles. The normalized spacial score (nSPS) is 14.1. The minimum Gasteiger partial charge on any atom is -0.302 e. The Morgan fingerprint density at radius 1 is 1.21 bits per heavy atom. The predicted molar refractivity (Wildman–Crippen MR) is 59.8 cm³/mol. The molecule has 0 unspecified atom stereocenters. The molecule has 0 amide bonds. The van der Waals surface area contributed by atoms with Crippen molar-refractivity contribution in [2.24, 2.45) is 0 Å². The van der Waals surface area contributed by atoms with Crippen molar-refractivity contribution in [2.45, 2.75) is 39.9 Å². The molecule has 0 saturated heterocycles. The van der Waals surface area contributed by atoms with Gasteiger partial charge in [0.25, 0.3) is 0 Å². The number of halogens is 2. The molecule has 0 fully saturated rings. The molecule has 0 aromatic rings. The van der Waals surface area contributed by atoms with E-state index >= 15 is 0 Å². The van der Waals surface area contributed by atoms with Crippen LogP contribution in [-0.2, 0) is 13.6 Å². The molecule has 0 N–H and O–H groups in total. The largest absolute Gasteiger partial charge is 0.374 e. The van der Waals surface area contributed by atoms with Gasteiger partial charge in [0.05, 0.1) is 12.2 Å². The number of hydrogen-bond acceptors (Lipinski definition) is 3. The third kappa shape index (κ3) is 4.81. The second kappa shape index (κ2) is 6.14. The van der Waals surface area contributed by atoms with Crippen molar-refractivity contribution in [2.75, 3.05) is 0 Å². The van der Waals surface area contributed by atoms with Gasteiger partial charge in [0.2, 0.25) is 0 Å². The standard InChI is InChI=1S/C8H15Cl2O3P/c1-6(2)12-14(11,8(10)5-9)13-7(3)4/h5-7H,1-4H3/b8-5+. The van der Waals surface area contributed by atoms with Gasteiger partial charge in [0, 0.05) is 5.54 Å². The molecule has 0 rings (SSSR count). The summed E-state index contributed by atoms with van der Waals surface area (Å²) in [6.45, 7) is 6.98. The van der Waals surface area contributed by atoms with E-state index in [0.717, 1.165) is 5.54 Å². The summed E-state index contributed by atoms with van der Waals surface area (Å²) in [6, 6.07) is 0. The van der Waals surface area contributed by atoms with Gasteiger partial charge in [0.1, 0.15) is 4.77 Å². The summed E-state index contributed by atoms with van der Waals surface area (Å²) in [5.41, 5.74) is 1.01. The average molecular weight is 261 g/mol. The first-order valence-electron chi connectivity index (χ1n) is 4.25. The molecule has 14 heavy (non-hydrogen) atoms. The molecule has 0 aliphatic heterocycles. The first-order valence-corrected chi connectivity index (χ1v) is 6.61. The zero-order valence-corrected chi connectivity index (χ0v) is 11.1. The summed E-state index contributed by atoms with van der Waals surface area (Å²) in [7, 11) is -3.43. The highest BCUT2D eigenvalue weighted by Gasteiger charge is 2.31. The minimum atomic E-state index is -3.43. The quantitative estimate of drug-likeness (QED) is 0.692. The smallest absolute Gasteiger partial charge is 0.302 e.